The fourth-order valence-corrected chi connectivity index (χ4v) is 6.03. The number of nitrogens with zero attached hydrogens (tertiary/aromatic N) is 1. The maximum atomic E-state index is 13.7. The summed E-state index contributed by atoms with van der Waals surface area (Å²) in [5.41, 5.74) is 1.99. The zero-order chi connectivity index (χ0) is 30.2. The molecule has 3 aromatic carbocycles. The van der Waals surface area contributed by atoms with Crippen molar-refractivity contribution >= 4 is 40.7 Å². The van der Waals surface area contributed by atoms with Crippen LogP contribution in [0.5, 0.6) is 17.2 Å². The van der Waals surface area contributed by atoms with E-state index < -0.39 is 18.5 Å². The quantitative estimate of drug-likeness (QED) is 0.159. The van der Waals surface area contributed by atoms with Crippen LogP contribution >= 0.6 is 11.3 Å². The molecule has 0 aliphatic heterocycles. The van der Waals surface area contributed by atoms with Gasteiger partial charge in [-0.1, -0.05) is 49.6 Å². The van der Waals surface area contributed by atoms with Crippen LogP contribution in [-0.2, 0) is 4.79 Å². The van der Waals surface area contributed by atoms with Crippen LogP contribution in [0.3, 0.4) is 0 Å². The Balaban J connectivity index is 1.38. The summed E-state index contributed by atoms with van der Waals surface area (Å²) in [6.45, 7) is -0.104. The van der Waals surface area contributed by atoms with Crippen molar-refractivity contribution in [2.24, 2.45) is 5.92 Å². The molecule has 1 fully saturated rings. The first-order valence-electron chi connectivity index (χ1n) is 14.1. The van der Waals surface area contributed by atoms with E-state index in [9.17, 15) is 19.5 Å². The number of hydrogen-bond acceptors (Lipinski definition) is 6. The Labute approximate surface area is 253 Å². The average molecular weight is 601 g/mol. The number of anilines is 2. The molecule has 1 heterocycles. The van der Waals surface area contributed by atoms with E-state index in [4.69, 9.17) is 14.6 Å². The number of rotatable bonds is 11. The lowest BCUT2D eigenvalue weighted by Gasteiger charge is -2.30. The molecule has 9 nitrogen and oxygen atoms in total. The van der Waals surface area contributed by atoms with Gasteiger partial charge in [-0.3, -0.25) is 4.90 Å². The van der Waals surface area contributed by atoms with Gasteiger partial charge in [-0.2, -0.15) is 0 Å². The zero-order valence-corrected chi connectivity index (χ0v) is 24.2. The summed E-state index contributed by atoms with van der Waals surface area (Å²) in [6.07, 6.45) is 5.56. The molecule has 1 aliphatic rings. The minimum Gasteiger partial charge on any atom is -0.480 e. The summed E-state index contributed by atoms with van der Waals surface area (Å²) in [7, 11) is 0. The summed E-state index contributed by atoms with van der Waals surface area (Å²) in [5, 5.41) is 21.6. The van der Waals surface area contributed by atoms with Gasteiger partial charge in [0, 0.05) is 22.8 Å². The predicted octanol–water partition coefficient (Wildman–Crippen LogP) is 7.99. The number of para-hydroxylation sites is 1. The Hall–Kier alpha value is -4.83. The molecule has 0 radical (unpaired) electrons. The SMILES string of the molecule is O=C(O)COc1cc(-c2cccc(N(CC3CCCCC3)C(=O)Nc3ccc(Oc4ccccc4)cc3)c2)sc1C(=O)O. The topological polar surface area (TPSA) is 125 Å². The van der Waals surface area contributed by atoms with Crippen molar-refractivity contribution in [3.05, 3.63) is 89.8 Å². The molecule has 1 aromatic heterocycles. The van der Waals surface area contributed by atoms with E-state index >= 15 is 0 Å². The lowest BCUT2D eigenvalue weighted by Crippen LogP contribution is -2.39. The molecule has 0 atom stereocenters. The molecule has 3 N–H and O–H groups in total. The van der Waals surface area contributed by atoms with E-state index in [1.54, 1.807) is 29.2 Å². The van der Waals surface area contributed by atoms with Gasteiger partial charge in [-0.05, 0) is 78.9 Å². The molecule has 10 heteroatoms. The number of benzene rings is 3. The predicted molar refractivity (Wildman–Crippen MR) is 166 cm³/mol. The zero-order valence-electron chi connectivity index (χ0n) is 23.4. The molecule has 0 saturated heterocycles. The third-order valence-corrected chi connectivity index (χ3v) is 8.33. The van der Waals surface area contributed by atoms with Crippen LogP contribution in [0.2, 0.25) is 0 Å². The fraction of sp³-hybridized carbons (Fsp3) is 0.242. The number of carboxylic acid groups (broad SMARTS) is 2. The van der Waals surface area contributed by atoms with Crippen LogP contribution in [0.1, 0.15) is 41.8 Å². The van der Waals surface area contributed by atoms with E-state index in [0.29, 0.717) is 40.0 Å². The number of thiophene rings is 1. The van der Waals surface area contributed by atoms with Gasteiger partial charge in [0.1, 0.15) is 17.2 Å². The Morgan fingerprint density at radius 2 is 1.58 bits per heavy atom. The van der Waals surface area contributed by atoms with Crippen molar-refractivity contribution in [3.63, 3.8) is 0 Å². The monoisotopic (exact) mass is 600 g/mol. The first-order valence-corrected chi connectivity index (χ1v) is 14.9. The van der Waals surface area contributed by atoms with Crippen molar-refractivity contribution in [2.75, 3.05) is 23.4 Å². The molecule has 0 unspecified atom stereocenters. The lowest BCUT2D eigenvalue weighted by molar-refractivity contribution is -0.139. The molecule has 1 saturated carbocycles. The molecule has 0 bridgehead atoms. The van der Waals surface area contributed by atoms with Crippen LogP contribution in [0, 0.1) is 5.92 Å². The normalized spacial score (nSPS) is 13.2. The second-order valence-corrected chi connectivity index (χ2v) is 11.4. The molecular weight excluding hydrogens is 568 g/mol. The number of nitrogens with one attached hydrogen (secondary N) is 1. The summed E-state index contributed by atoms with van der Waals surface area (Å²) >= 11 is 0.993. The van der Waals surface area contributed by atoms with Gasteiger partial charge in [0.25, 0.3) is 0 Å². The fourth-order valence-electron chi connectivity index (χ4n) is 5.09. The van der Waals surface area contributed by atoms with Crippen LogP contribution in [-0.4, -0.2) is 41.3 Å². The van der Waals surface area contributed by atoms with E-state index in [0.717, 1.165) is 42.8 Å². The Kier molecular flexibility index (Phi) is 9.58. The number of carboxylic acids is 2. The number of carbonyl (C=O) groups is 3. The van der Waals surface area contributed by atoms with Crippen LogP contribution < -0.4 is 19.7 Å². The van der Waals surface area contributed by atoms with Crippen molar-refractivity contribution in [2.45, 2.75) is 32.1 Å². The van der Waals surface area contributed by atoms with Crippen molar-refractivity contribution in [1.29, 1.82) is 0 Å². The van der Waals surface area contributed by atoms with Gasteiger partial charge < -0.3 is 25.0 Å². The van der Waals surface area contributed by atoms with Crippen molar-refractivity contribution in [3.8, 4) is 27.7 Å². The molecule has 0 spiro atoms. The minimum atomic E-state index is -1.20. The van der Waals surface area contributed by atoms with E-state index in [1.807, 2.05) is 54.6 Å². The van der Waals surface area contributed by atoms with Crippen molar-refractivity contribution in [1.82, 2.24) is 0 Å². The number of aliphatic carboxylic acids is 1. The minimum absolute atomic E-state index is 0.00296. The van der Waals surface area contributed by atoms with Gasteiger partial charge in [0.2, 0.25) is 0 Å². The third kappa shape index (κ3) is 7.92. The van der Waals surface area contributed by atoms with Crippen LogP contribution in [0.4, 0.5) is 16.2 Å². The smallest absolute Gasteiger partial charge is 0.349 e. The van der Waals surface area contributed by atoms with Gasteiger partial charge >= 0.3 is 18.0 Å². The first kappa shape index (κ1) is 29.7. The number of aromatic carboxylic acids is 1. The maximum absolute atomic E-state index is 13.7. The Morgan fingerprint density at radius 1 is 0.860 bits per heavy atom. The second-order valence-electron chi connectivity index (χ2n) is 10.3. The highest BCUT2D eigenvalue weighted by atomic mass is 32.1. The number of carbonyl (C=O) groups excluding carboxylic acids is 1. The Morgan fingerprint density at radius 3 is 2.28 bits per heavy atom. The van der Waals surface area contributed by atoms with Crippen LogP contribution in [0.25, 0.3) is 10.4 Å². The molecular formula is C33H32N2O7S. The van der Waals surface area contributed by atoms with Gasteiger partial charge in [0.15, 0.2) is 11.5 Å². The molecule has 1 aliphatic carbocycles. The summed E-state index contributed by atoms with van der Waals surface area (Å²) in [4.78, 5) is 38.8. The highest BCUT2D eigenvalue weighted by Gasteiger charge is 2.24. The molecule has 5 rings (SSSR count). The standard InChI is InChI=1S/C33H32N2O7S/c36-30(37)21-41-28-19-29(43-31(28)32(38)39)23-10-7-11-25(18-23)35(20-22-8-3-1-4-9-22)33(40)34-24-14-16-27(17-15-24)42-26-12-5-2-6-13-26/h2,5-7,10-19,22H,1,3-4,8-9,20-21H2,(H,34,40)(H,36,37)(H,38,39). The Bertz CT molecular complexity index is 1560. The summed E-state index contributed by atoms with van der Waals surface area (Å²) in [6, 6.07) is 25.2. The summed E-state index contributed by atoms with van der Waals surface area (Å²) in [5.74, 6) is -0.669. The van der Waals surface area contributed by atoms with Gasteiger partial charge in [0.05, 0.1) is 0 Å². The highest BCUT2D eigenvalue weighted by molar-refractivity contribution is 7.17. The molecule has 222 valence electrons. The number of urea groups is 1. The summed E-state index contributed by atoms with van der Waals surface area (Å²) < 4.78 is 11.1. The lowest BCUT2D eigenvalue weighted by atomic mass is 9.89. The van der Waals surface area contributed by atoms with E-state index in [-0.39, 0.29) is 16.7 Å². The number of hydrogen-bond donors (Lipinski definition) is 3. The number of ether oxygens (including phenoxy) is 2. The van der Waals surface area contributed by atoms with Gasteiger partial charge in [-0.25, -0.2) is 14.4 Å². The average Bonchev–Trinajstić information content (AvgIpc) is 3.46. The van der Waals surface area contributed by atoms with E-state index in [1.165, 1.54) is 12.5 Å². The van der Waals surface area contributed by atoms with E-state index in [2.05, 4.69) is 5.32 Å². The van der Waals surface area contributed by atoms with Gasteiger partial charge in [-0.15, -0.1) is 11.3 Å². The second kappa shape index (κ2) is 13.9. The highest BCUT2D eigenvalue weighted by Crippen LogP contribution is 2.38. The van der Waals surface area contributed by atoms with Crippen molar-refractivity contribution < 1.29 is 34.1 Å². The third-order valence-electron chi connectivity index (χ3n) is 7.18. The molecule has 43 heavy (non-hydrogen) atoms. The molecule has 4 aromatic rings. The maximum Gasteiger partial charge on any atom is 0.349 e. The molecule has 2 amide bonds. The van der Waals surface area contributed by atoms with Crippen LogP contribution in [0.15, 0.2) is 84.9 Å². The number of amides is 2. The largest absolute Gasteiger partial charge is 0.480 e. The first-order chi connectivity index (χ1) is 20.9.